The number of hydrogen-bond donors (Lipinski definition) is 3. The predicted molar refractivity (Wildman–Crippen MR) is 87.1 cm³/mol. The molecule has 0 heterocycles. The van der Waals surface area contributed by atoms with Crippen LogP contribution in [0.3, 0.4) is 0 Å². The first-order valence-electron chi connectivity index (χ1n) is 7.67. The number of aryl methyl sites for hydroxylation is 1. The number of carboxylic acid groups (broad SMARTS) is 1. The van der Waals surface area contributed by atoms with Gasteiger partial charge in [-0.1, -0.05) is 38.5 Å². The Morgan fingerprint density at radius 1 is 1.09 bits per heavy atom. The standard InChI is InChI=1S/C17H24N2O4/c1-5-13(17(22)23)18-16(21)14(10(2)3)19-15(20)12-8-6-11(4)7-9-12/h6-10,13-14H,5H2,1-4H3,(H,18,21)(H,19,20)(H,22,23). The van der Waals surface area contributed by atoms with E-state index in [1.165, 1.54) is 0 Å². The molecule has 1 aromatic carbocycles. The lowest BCUT2D eigenvalue weighted by molar-refractivity contribution is -0.142. The molecule has 0 aliphatic carbocycles. The average molecular weight is 320 g/mol. The predicted octanol–water partition coefficient (Wildman–Crippen LogP) is 1.73. The van der Waals surface area contributed by atoms with Crippen molar-refractivity contribution in [3.05, 3.63) is 35.4 Å². The summed E-state index contributed by atoms with van der Waals surface area (Å²) in [4.78, 5) is 35.6. The number of carbonyl (C=O) groups excluding carboxylic acids is 2. The molecule has 23 heavy (non-hydrogen) atoms. The van der Waals surface area contributed by atoms with Gasteiger partial charge in [0.1, 0.15) is 12.1 Å². The Bertz CT molecular complexity index is 566. The van der Waals surface area contributed by atoms with Crippen molar-refractivity contribution in [3.63, 3.8) is 0 Å². The van der Waals surface area contributed by atoms with E-state index >= 15 is 0 Å². The van der Waals surface area contributed by atoms with Gasteiger partial charge in [0.15, 0.2) is 0 Å². The molecule has 0 radical (unpaired) electrons. The van der Waals surface area contributed by atoms with Gasteiger partial charge < -0.3 is 15.7 Å². The summed E-state index contributed by atoms with van der Waals surface area (Å²) in [6.45, 7) is 7.18. The first-order chi connectivity index (χ1) is 10.8. The summed E-state index contributed by atoms with van der Waals surface area (Å²) in [5.41, 5.74) is 1.49. The molecule has 0 bridgehead atoms. The van der Waals surface area contributed by atoms with Gasteiger partial charge in [-0.05, 0) is 31.4 Å². The number of hydrogen-bond acceptors (Lipinski definition) is 3. The zero-order valence-electron chi connectivity index (χ0n) is 13.9. The molecule has 1 rings (SSSR count). The monoisotopic (exact) mass is 320 g/mol. The number of carbonyl (C=O) groups is 3. The Morgan fingerprint density at radius 3 is 2.09 bits per heavy atom. The maximum atomic E-state index is 12.3. The summed E-state index contributed by atoms with van der Waals surface area (Å²) in [6.07, 6.45) is 0.276. The highest BCUT2D eigenvalue weighted by Crippen LogP contribution is 2.07. The van der Waals surface area contributed by atoms with Crippen LogP contribution in [0.4, 0.5) is 0 Å². The Hall–Kier alpha value is -2.37. The van der Waals surface area contributed by atoms with Crippen molar-refractivity contribution in [2.45, 2.75) is 46.2 Å². The SMILES string of the molecule is CCC(NC(=O)C(NC(=O)c1ccc(C)cc1)C(C)C)C(=O)O. The third kappa shape index (κ3) is 5.39. The lowest BCUT2D eigenvalue weighted by Crippen LogP contribution is -2.53. The highest BCUT2D eigenvalue weighted by molar-refractivity contribution is 5.98. The number of carboxylic acids is 1. The molecule has 0 saturated heterocycles. The Balaban J connectivity index is 2.82. The fourth-order valence-corrected chi connectivity index (χ4v) is 2.06. The second-order valence-corrected chi connectivity index (χ2v) is 5.87. The van der Waals surface area contributed by atoms with E-state index in [0.29, 0.717) is 5.56 Å². The van der Waals surface area contributed by atoms with Gasteiger partial charge in [0.25, 0.3) is 5.91 Å². The third-order valence-corrected chi connectivity index (χ3v) is 3.57. The third-order valence-electron chi connectivity index (χ3n) is 3.57. The second kappa shape index (κ2) is 8.31. The van der Waals surface area contributed by atoms with Crippen molar-refractivity contribution in [1.29, 1.82) is 0 Å². The van der Waals surface area contributed by atoms with Gasteiger partial charge in [0, 0.05) is 5.56 Å². The number of benzene rings is 1. The molecule has 0 aliphatic heterocycles. The van der Waals surface area contributed by atoms with Crippen molar-refractivity contribution < 1.29 is 19.5 Å². The van der Waals surface area contributed by atoms with Crippen molar-refractivity contribution in [2.75, 3.05) is 0 Å². The van der Waals surface area contributed by atoms with Crippen LogP contribution in [0.15, 0.2) is 24.3 Å². The minimum Gasteiger partial charge on any atom is -0.480 e. The lowest BCUT2D eigenvalue weighted by atomic mass is 10.0. The molecule has 126 valence electrons. The number of amides is 2. The molecule has 1 aromatic rings. The van der Waals surface area contributed by atoms with Gasteiger partial charge >= 0.3 is 5.97 Å². The van der Waals surface area contributed by atoms with Crippen LogP contribution in [0.2, 0.25) is 0 Å². The fraction of sp³-hybridized carbons (Fsp3) is 0.471. The zero-order valence-corrected chi connectivity index (χ0v) is 13.9. The van der Waals surface area contributed by atoms with Crippen molar-refractivity contribution in [2.24, 2.45) is 5.92 Å². The van der Waals surface area contributed by atoms with Gasteiger partial charge in [-0.2, -0.15) is 0 Å². The molecule has 2 unspecified atom stereocenters. The minimum absolute atomic E-state index is 0.171. The molecule has 2 atom stereocenters. The van der Waals surface area contributed by atoms with Crippen molar-refractivity contribution >= 4 is 17.8 Å². The molecule has 0 spiro atoms. The van der Waals surface area contributed by atoms with E-state index in [1.807, 2.05) is 19.1 Å². The Morgan fingerprint density at radius 2 is 1.65 bits per heavy atom. The van der Waals surface area contributed by atoms with E-state index in [2.05, 4.69) is 10.6 Å². The quantitative estimate of drug-likeness (QED) is 0.713. The number of rotatable bonds is 7. The molecule has 3 N–H and O–H groups in total. The molecule has 2 amide bonds. The maximum Gasteiger partial charge on any atom is 0.326 e. The van der Waals surface area contributed by atoms with Crippen LogP contribution >= 0.6 is 0 Å². The van der Waals surface area contributed by atoms with E-state index in [0.717, 1.165) is 5.56 Å². The van der Waals surface area contributed by atoms with Crippen LogP contribution in [-0.4, -0.2) is 35.0 Å². The van der Waals surface area contributed by atoms with E-state index in [9.17, 15) is 14.4 Å². The average Bonchev–Trinajstić information content (AvgIpc) is 2.49. The van der Waals surface area contributed by atoms with Gasteiger partial charge in [-0.3, -0.25) is 9.59 Å². The van der Waals surface area contributed by atoms with Crippen LogP contribution in [0.5, 0.6) is 0 Å². The smallest absolute Gasteiger partial charge is 0.326 e. The van der Waals surface area contributed by atoms with E-state index < -0.39 is 24.0 Å². The molecule has 6 heteroatoms. The molecule has 6 nitrogen and oxygen atoms in total. The highest BCUT2D eigenvalue weighted by atomic mass is 16.4. The van der Waals surface area contributed by atoms with Gasteiger partial charge in [-0.15, -0.1) is 0 Å². The van der Waals surface area contributed by atoms with Gasteiger partial charge in [-0.25, -0.2) is 4.79 Å². The Kier molecular flexibility index (Phi) is 6.75. The molecule has 0 fully saturated rings. The molecule has 0 aromatic heterocycles. The van der Waals surface area contributed by atoms with Gasteiger partial charge in [0.05, 0.1) is 0 Å². The summed E-state index contributed by atoms with van der Waals surface area (Å²) in [7, 11) is 0. The topological polar surface area (TPSA) is 95.5 Å². The first kappa shape index (κ1) is 18.7. The summed E-state index contributed by atoms with van der Waals surface area (Å²) >= 11 is 0. The number of aliphatic carboxylic acids is 1. The molecule has 0 saturated carbocycles. The maximum absolute atomic E-state index is 12.3. The Labute approximate surface area is 136 Å². The highest BCUT2D eigenvalue weighted by Gasteiger charge is 2.28. The van der Waals surface area contributed by atoms with E-state index in [4.69, 9.17) is 5.11 Å². The lowest BCUT2D eigenvalue weighted by Gasteiger charge is -2.23. The largest absolute Gasteiger partial charge is 0.480 e. The van der Waals surface area contributed by atoms with Crippen molar-refractivity contribution in [1.82, 2.24) is 10.6 Å². The minimum atomic E-state index is -1.09. The molecular formula is C17H24N2O4. The van der Waals surface area contributed by atoms with Crippen LogP contribution in [-0.2, 0) is 9.59 Å². The summed E-state index contributed by atoms with van der Waals surface area (Å²) in [5.74, 6) is -2.11. The van der Waals surface area contributed by atoms with E-state index in [-0.39, 0.29) is 18.2 Å². The van der Waals surface area contributed by atoms with Crippen molar-refractivity contribution in [3.8, 4) is 0 Å². The fourth-order valence-electron chi connectivity index (χ4n) is 2.06. The summed E-state index contributed by atoms with van der Waals surface area (Å²) in [6, 6.07) is 5.25. The van der Waals surface area contributed by atoms with Crippen LogP contribution in [0.1, 0.15) is 43.1 Å². The normalized spacial score (nSPS) is 13.3. The summed E-state index contributed by atoms with van der Waals surface area (Å²) < 4.78 is 0. The van der Waals surface area contributed by atoms with Crippen LogP contribution in [0, 0.1) is 12.8 Å². The number of nitrogens with one attached hydrogen (secondary N) is 2. The van der Waals surface area contributed by atoms with Crippen LogP contribution in [0.25, 0.3) is 0 Å². The molecule has 0 aliphatic rings. The van der Waals surface area contributed by atoms with E-state index in [1.54, 1.807) is 32.9 Å². The summed E-state index contributed by atoms with van der Waals surface area (Å²) in [5, 5.41) is 14.2. The molecular weight excluding hydrogens is 296 g/mol. The first-order valence-corrected chi connectivity index (χ1v) is 7.67. The van der Waals surface area contributed by atoms with Crippen LogP contribution < -0.4 is 10.6 Å². The van der Waals surface area contributed by atoms with Gasteiger partial charge in [0.2, 0.25) is 5.91 Å². The second-order valence-electron chi connectivity index (χ2n) is 5.87. The zero-order chi connectivity index (χ0) is 17.6.